The van der Waals surface area contributed by atoms with Crippen molar-refractivity contribution in [1.82, 2.24) is 19.9 Å². The highest BCUT2D eigenvalue weighted by atomic mass is 35.5. The van der Waals surface area contributed by atoms with E-state index in [1.54, 1.807) is 18.3 Å². The third kappa shape index (κ3) is 4.69. The summed E-state index contributed by atoms with van der Waals surface area (Å²) in [5, 5.41) is 17.7. The van der Waals surface area contributed by atoms with Crippen LogP contribution in [0.3, 0.4) is 0 Å². The normalized spacial score (nSPS) is 16.1. The molecule has 0 amide bonds. The number of rotatable bonds is 6. The summed E-state index contributed by atoms with van der Waals surface area (Å²) in [6.07, 6.45) is 3.97. The molecule has 1 fully saturated rings. The van der Waals surface area contributed by atoms with Crippen molar-refractivity contribution in [3.8, 4) is 17.0 Å². The van der Waals surface area contributed by atoms with Crippen molar-refractivity contribution in [2.75, 3.05) is 18.4 Å². The molecule has 6 nitrogen and oxygen atoms in total. The van der Waals surface area contributed by atoms with Crippen LogP contribution < -0.4 is 10.6 Å². The smallest absolute Gasteiger partial charge is 0.224 e. The monoisotopic (exact) mass is 483 g/mol. The SMILES string of the molecule is Oc1ccc(-c2cc3cnc(NCc4ccc(F)c(F)c4)nc3n2CC2CCCNC2)c(Cl)c1. The van der Waals surface area contributed by atoms with E-state index in [1.807, 2.05) is 6.07 Å². The van der Waals surface area contributed by atoms with E-state index in [9.17, 15) is 13.9 Å². The van der Waals surface area contributed by atoms with Gasteiger partial charge >= 0.3 is 0 Å². The Balaban J connectivity index is 1.51. The highest BCUT2D eigenvalue weighted by molar-refractivity contribution is 6.33. The lowest BCUT2D eigenvalue weighted by Gasteiger charge is -2.24. The van der Waals surface area contributed by atoms with Crippen molar-refractivity contribution in [2.24, 2.45) is 5.92 Å². The summed E-state index contributed by atoms with van der Waals surface area (Å²) in [7, 11) is 0. The molecule has 4 aromatic rings. The van der Waals surface area contributed by atoms with Crippen LogP contribution in [0.2, 0.25) is 5.02 Å². The van der Waals surface area contributed by atoms with Crippen molar-refractivity contribution in [2.45, 2.75) is 25.9 Å². The Bertz CT molecular complexity index is 1340. The van der Waals surface area contributed by atoms with Gasteiger partial charge in [0.1, 0.15) is 11.4 Å². The average Bonchev–Trinajstić information content (AvgIpc) is 3.18. The molecule has 3 N–H and O–H groups in total. The van der Waals surface area contributed by atoms with E-state index in [2.05, 4.69) is 20.2 Å². The number of nitrogens with zero attached hydrogens (tertiary/aromatic N) is 3. The van der Waals surface area contributed by atoms with E-state index in [-0.39, 0.29) is 12.3 Å². The fourth-order valence-corrected chi connectivity index (χ4v) is 4.68. The molecule has 1 aliphatic heterocycles. The number of phenols is 1. The maximum absolute atomic E-state index is 13.5. The van der Waals surface area contributed by atoms with Crippen LogP contribution in [0.25, 0.3) is 22.3 Å². The van der Waals surface area contributed by atoms with Gasteiger partial charge in [-0.1, -0.05) is 17.7 Å². The van der Waals surface area contributed by atoms with Crippen molar-refractivity contribution in [3.05, 3.63) is 70.9 Å². The molecule has 1 unspecified atom stereocenters. The first kappa shape index (κ1) is 22.6. The van der Waals surface area contributed by atoms with Gasteiger partial charge in [-0.2, -0.15) is 4.98 Å². The first-order valence-corrected chi connectivity index (χ1v) is 11.6. The average molecular weight is 484 g/mol. The van der Waals surface area contributed by atoms with Gasteiger partial charge in [0.25, 0.3) is 0 Å². The zero-order valence-electron chi connectivity index (χ0n) is 18.4. The van der Waals surface area contributed by atoms with Crippen molar-refractivity contribution >= 4 is 28.6 Å². The zero-order chi connectivity index (χ0) is 23.7. The molecule has 0 bridgehead atoms. The molecule has 1 aliphatic rings. The van der Waals surface area contributed by atoms with E-state index in [0.29, 0.717) is 22.5 Å². The Morgan fingerprint density at radius 1 is 1.15 bits per heavy atom. The standard InChI is InChI=1S/C25H24ClF2N5O/c26-20-10-18(34)4-5-19(20)23-9-17-13-31-25(30-12-15-3-6-21(27)22(28)8-15)32-24(17)33(23)14-16-2-1-7-29-11-16/h3-6,8-10,13,16,29,34H,1-2,7,11-12,14H2,(H,30,31,32). The van der Waals surface area contributed by atoms with Crippen LogP contribution in [0, 0.1) is 17.6 Å². The topological polar surface area (TPSA) is 75.0 Å². The number of aromatic hydroxyl groups is 1. The van der Waals surface area contributed by atoms with Crippen LogP contribution in [-0.2, 0) is 13.1 Å². The van der Waals surface area contributed by atoms with Crippen LogP contribution in [0.4, 0.5) is 14.7 Å². The van der Waals surface area contributed by atoms with Gasteiger partial charge in [-0.3, -0.25) is 0 Å². The second-order valence-corrected chi connectivity index (χ2v) is 9.00. The fourth-order valence-electron chi connectivity index (χ4n) is 4.41. The van der Waals surface area contributed by atoms with E-state index in [4.69, 9.17) is 16.6 Å². The second kappa shape index (κ2) is 9.56. The van der Waals surface area contributed by atoms with Gasteiger partial charge < -0.3 is 20.3 Å². The Kier molecular flexibility index (Phi) is 6.34. The summed E-state index contributed by atoms with van der Waals surface area (Å²) >= 11 is 6.49. The predicted octanol–water partition coefficient (Wildman–Crippen LogP) is 5.35. The molecule has 176 valence electrons. The molecular formula is C25H24ClF2N5O. The molecule has 2 aromatic carbocycles. The van der Waals surface area contributed by atoms with E-state index < -0.39 is 11.6 Å². The number of benzene rings is 2. The Labute approximate surface area is 200 Å². The quantitative estimate of drug-likeness (QED) is 0.345. The summed E-state index contributed by atoms with van der Waals surface area (Å²) in [6.45, 7) is 2.96. The molecule has 3 heterocycles. The number of aromatic nitrogens is 3. The van der Waals surface area contributed by atoms with E-state index in [1.165, 1.54) is 12.1 Å². The highest BCUT2D eigenvalue weighted by Crippen LogP contribution is 2.35. The van der Waals surface area contributed by atoms with Gasteiger partial charge in [0.15, 0.2) is 11.6 Å². The Morgan fingerprint density at radius 2 is 2.03 bits per heavy atom. The third-order valence-corrected chi connectivity index (χ3v) is 6.45. The minimum Gasteiger partial charge on any atom is -0.508 e. The summed E-state index contributed by atoms with van der Waals surface area (Å²) in [6, 6.07) is 10.7. The molecule has 5 rings (SSSR count). The molecule has 0 aliphatic carbocycles. The van der Waals surface area contributed by atoms with Crippen molar-refractivity contribution < 1.29 is 13.9 Å². The maximum Gasteiger partial charge on any atom is 0.224 e. The second-order valence-electron chi connectivity index (χ2n) is 8.59. The number of piperidine rings is 1. The largest absolute Gasteiger partial charge is 0.508 e. The van der Waals surface area contributed by atoms with E-state index >= 15 is 0 Å². The number of hydrogen-bond donors (Lipinski definition) is 3. The van der Waals surface area contributed by atoms with Crippen LogP contribution in [-0.4, -0.2) is 32.7 Å². The molecular weight excluding hydrogens is 460 g/mol. The lowest BCUT2D eigenvalue weighted by atomic mass is 9.99. The molecule has 1 saturated heterocycles. The summed E-state index contributed by atoms with van der Waals surface area (Å²) in [5.41, 5.74) is 3.05. The highest BCUT2D eigenvalue weighted by Gasteiger charge is 2.20. The van der Waals surface area contributed by atoms with Gasteiger partial charge in [-0.05, 0) is 73.8 Å². The number of anilines is 1. The Morgan fingerprint density at radius 3 is 2.79 bits per heavy atom. The molecule has 2 aromatic heterocycles. The number of nitrogens with one attached hydrogen (secondary N) is 2. The van der Waals surface area contributed by atoms with E-state index in [0.717, 1.165) is 66.9 Å². The van der Waals surface area contributed by atoms with Gasteiger partial charge in [-0.15, -0.1) is 0 Å². The maximum atomic E-state index is 13.5. The molecule has 1 atom stereocenters. The molecule has 0 spiro atoms. The number of fused-ring (bicyclic) bond motifs is 1. The lowest BCUT2D eigenvalue weighted by Crippen LogP contribution is -2.32. The minimum absolute atomic E-state index is 0.108. The predicted molar refractivity (Wildman–Crippen MR) is 129 cm³/mol. The minimum atomic E-state index is -0.888. The van der Waals surface area contributed by atoms with Crippen molar-refractivity contribution in [1.29, 1.82) is 0 Å². The number of phenolic OH excluding ortho intramolecular Hbond substituents is 1. The van der Waals surface area contributed by atoms with Gasteiger partial charge in [-0.25, -0.2) is 13.8 Å². The molecule has 9 heteroatoms. The summed E-state index contributed by atoms with van der Waals surface area (Å²) in [4.78, 5) is 9.15. The number of hydrogen-bond acceptors (Lipinski definition) is 5. The molecule has 0 radical (unpaired) electrons. The first-order chi connectivity index (χ1) is 16.5. The first-order valence-electron chi connectivity index (χ1n) is 11.2. The van der Waals surface area contributed by atoms with Gasteiger partial charge in [0, 0.05) is 30.2 Å². The zero-order valence-corrected chi connectivity index (χ0v) is 19.1. The molecule has 34 heavy (non-hydrogen) atoms. The van der Waals surface area contributed by atoms with Crippen LogP contribution in [0.5, 0.6) is 5.75 Å². The van der Waals surface area contributed by atoms with Crippen LogP contribution in [0.1, 0.15) is 18.4 Å². The van der Waals surface area contributed by atoms with Crippen LogP contribution >= 0.6 is 11.6 Å². The number of halogens is 3. The summed E-state index contributed by atoms with van der Waals surface area (Å²) < 4.78 is 28.9. The Hall–Kier alpha value is -3.23. The molecule has 0 saturated carbocycles. The summed E-state index contributed by atoms with van der Waals surface area (Å²) in [5.74, 6) is -0.830. The third-order valence-electron chi connectivity index (χ3n) is 6.14. The van der Waals surface area contributed by atoms with Gasteiger partial charge in [0.2, 0.25) is 5.95 Å². The lowest BCUT2D eigenvalue weighted by molar-refractivity contribution is 0.341. The van der Waals surface area contributed by atoms with Crippen LogP contribution in [0.15, 0.2) is 48.7 Å². The van der Waals surface area contributed by atoms with Crippen molar-refractivity contribution in [3.63, 3.8) is 0 Å². The van der Waals surface area contributed by atoms with Gasteiger partial charge in [0.05, 0.1) is 10.7 Å². The fraction of sp³-hybridized carbons (Fsp3) is 0.280.